The first-order valence-corrected chi connectivity index (χ1v) is 14.2. The molecule has 41 heavy (non-hydrogen) atoms. The zero-order chi connectivity index (χ0) is 28.1. The monoisotopic (exact) mass is 558 g/mol. The number of hydrogen-bond acceptors (Lipinski definition) is 7. The average Bonchev–Trinajstić information content (AvgIpc) is 3.70. The Kier molecular flexibility index (Phi) is 6.67. The number of fused-ring (bicyclic) bond motifs is 2. The minimum absolute atomic E-state index is 0.0282. The van der Waals surface area contributed by atoms with Gasteiger partial charge in [-0.15, -0.1) is 0 Å². The molecule has 4 aliphatic heterocycles. The van der Waals surface area contributed by atoms with E-state index in [1.165, 1.54) is 4.90 Å². The van der Waals surface area contributed by atoms with Gasteiger partial charge in [0.25, 0.3) is 5.91 Å². The number of carbonyl (C=O) groups is 3. The average molecular weight is 559 g/mol. The van der Waals surface area contributed by atoms with E-state index in [2.05, 4.69) is 15.2 Å². The lowest BCUT2D eigenvalue weighted by molar-refractivity contribution is -0.136. The molecular weight excluding hydrogens is 527 g/mol. The van der Waals surface area contributed by atoms with Crippen molar-refractivity contribution in [1.29, 1.82) is 0 Å². The summed E-state index contributed by atoms with van der Waals surface area (Å²) in [6, 6.07) is 12.3. The fourth-order valence-electron chi connectivity index (χ4n) is 6.46. The number of amides is 3. The third-order valence-corrected chi connectivity index (χ3v) is 8.61. The van der Waals surface area contributed by atoms with Crippen LogP contribution in [0.4, 0.5) is 4.39 Å². The predicted molar refractivity (Wildman–Crippen MR) is 147 cm³/mol. The molecule has 0 radical (unpaired) electrons. The van der Waals surface area contributed by atoms with Gasteiger partial charge in [-0.25, -0.2) is 9.37 Å². The quantitative estimate of drug-likeness (QED) is 0.464. The number of piperidine rings is 1. The molecule has 3 aromatic rings. The second-order valence-electron chi connectivity index (χ2n) is 11.4. The predicted octanol–water partition coefficient (Wildman–Crippen LogP) is 3.29. The van der Waals surface area contributed by atoms with Crippen molar-refractivity contribution >= 4 is 28.6 Å². The zero-order valence-corrected chi connectivity index (χ0v) is 22.6. The number of ether oxygens (including phenoxy) is 2. The van der Waals surface area contributed by atoms with E-state index in [-0.39, 0.29) is 36.1 Å². The molecule has 1 N–H and O–H groups in total. The van der Waals surface area contributed by atoms with Crippen molar-refractivity contribution in [3.05, 3.63) is 70.7 Å². The lowest BCUT2D eigenvalue weighted by atomic mass is 10.0. The second-order valence-corrected chi connectivity index (χ2v) is 11.4. The van der Waals surface area contributed by atoms with Gasteiger partial charge in [-0.05, 0) is 66.8 Å². The van der Waals surface area contributed by atoms with Crippen LogP contribution in [0, 0.1) is 5.82 Å². The molecule has 3 unspecified atom stereocenters. The van der Waals surface area contributed by atoms with Crippen LogP contribution in [0.1, 0.15) is 58.8 Å². The molecule has 212 valence electrons. The molecule has 0 bridgehead atoms. The number of rotatable bonds is 6. The van der Waals surface area contributed by atoms with Gasteiger partial charge in [0.1, 0.15) is 29.2 Å². The molecule has 10 heteroatoms. The number of carbonyl (C=O) groups excluding carboxylic acids is 3. The van der Waals surface area contributed by atoms with Crippen molar-refractivity contribution < 1.29 is 28.2 Å². The zero-order valence-electron chi connectivity index (χ0n) is 22.6. The molecule has 9 nitrogen and oxygen atoms in total. The maximum absolute atomic E-state index is 15.1. The maximum Gasteiger partial charge on any atom is 0.255 e. The Balaban J connectivity index is 0.981. The minimum Gasteiger partial charge on any atom is -0.489 e. The third-order valence-electron chi connectivity index (χ3n) is 8.61. The number of benzene rings is 2. The molecule has 5 heterocycles. The van der Waals surface area contributed by atoms with Gasteiger partial charge >= 0.3 is 0 Å². The summed E-state index contributed by atoms with van der Waals surface area (Å²) in [5.41, 5.74) is 3.58. The van der Waals surface area contributed by atoms with Crippen LogP contribution in [0.2, 0.25) is 0 Å². The number of likely N-dealkylation sites (tertiary alicyclic amines) is 1. The maximum atomic E-state index is 15.1. The Morgan fingerprint density at radius 2 is 1.98 bits per heavy atom. The molecule has 7 rings (SSSR count). The fourth-order valence-corrected chi connectivity index (χ4v) is 6.46. The molecule has 0 aliphatic carbocycles. The fraction of sp³-hybridized carbons (Fsp3) is 0.419. The summed E-state index contributed by atoms with van der Waals surface area (Å²) < 4.78 is 26.8. The lowest BCUT2D eigenvalue weighted by Gasteiger charge is -2.29. The van der Waals surface area contributed by atoms with Crippen molar-refractivity contribution in [3.8, 4) is 5.75 Å². The van der Waals surface area contributed by atoms with Crippen molar-refractivity contribution in [3.63, 3.8) is 0 Å². The van der Waals surface area contributed by atoms with Gasteiger partial charge < -0.3 is 14.4 Å². The summed E-state index contributed by atoms with van der Waals surface area (Å²) in [6.07, 6.45) is 2.28. The Bertz CT molecular complexity index is 1550. The highest BCUT2D eigenvalue weighted by Gasteiger charge is 2.39. The van der Waals surface area contributed by atoms with Crippen molar-refractivity contribution in [2.75, 3.05) is 26.3 Å². The highest BCUT2D eigenvalue weighted by atomic mass is 19.1. The molecule has 3 saturated heterocycles. The molecule has 3 atom stereocenters. The first-order valence-electron chi connectivity index (χ1n) is 14.2. The molecule has 3 amide bonds. The number of hydrogen-bond donors (Lipinski definition) is 1. The van der Waals surface area contributed by atoms with Crippen LogP contribution in [-0.4, -0.2) is 71.0 Å². The second kappa shape index (κ2) is 10.5. The number of aromatic nitrogens is 1. The van der Waals surface area contributed by atoms with Gasteiger partial charge in [-0.2, -0.15) is 0 Å². The Morgan fingerprint density at radius 3 is 2.80 bits per heavy atom. The van der Waals surface area contributed by atoms with Crippen molar-refractivity contribution in [2.24, 2.45) is 0 Å². The smallest absolute Gasteiger partial charge is 0.255 e. The normalized spacial score (nSPS) is 24.8. The molecule has 0 spiro atoms. The van der Waals surface area contributed by atoms with Crippen molar-refractivity contribution in [1.82, 2.24) is 20.1 Å². The largest absolute Gasteiger partial charge is 0.489 e. The van der Waals surface area contributed by atoms with Crippen LogP contribution in [0.15, 0.2) is 42.5 Å². The van der Waals surface area contributed by atoms with Crippen LogP contribution in [0.5, 0.6) is 5.75 Å². The summed E-state index contributed by atoms with van der Waals surface area (Å²) in [7, 11) is 0. The summed E-state index contributed by atoms with van der Waals surface area (Å²) in [4.78, 5) is 45.2. The molecule has 0 saturated carbocycles. The lowest BCUT2D eigenvalue weighted by Crippen LogP contribution is -2.52. The summed E-state index contributed by atoms with van der Waals surface area (Å²) in [5, 5.41) is 3.13. The van der Waals surface area contributed by atoms with Crippen LogP contribution >= 0.6 is 0 Å². The molecular formula is C31H31FN4O5. The topological polar surface area (TPSA) is 101 Å². The highest BCUT2D eigenvalue weighted by molar-refractivity contribution is 6.05. The Morgan fingerprint density at radius 1 is 1.07 bits per heavy atom. The van der Waals surface area contributed by atoms with Gasteiger partial charge in [0.15, 0.2) is 0 Å². The number of nitrogens with zero attached hydrogens (tertiary/aromatic N) is 3. The number of pyridine rings is 1. The molecule has 2 aromatic carbocycles. The van der Waals surface area contributed by atoms with Gasteiger partial charge in [-0.1, -0.05) is 6.07 Å². The van der Waals surface area contributed by atoms with Crippen LogP contribution in [0.25, 0.3) is 10.9 Å². The van der Waals surface area contributed by atoms with Gasteiger partial charge in [0, 0.05) is 61.8 Å². The summed E-state index contributed by atoms with van der Waals surface area (Å²) >= 11 is 0. The minimum atomic E-state index is -0.639. The van der Waals surface area contributed by atoms with E-state index in [4.69, 9.17) is 9.47 Å². The summed E-state index contributed by atoms with van der Waals surface area (Å²) in [6.45, 7) is 3.83. The number of nitrogens with one attached hydrogen (secondary N) is 1. The first kappa shape index (κ1) is 26.0. The van der Waals surface area contributed by atoms with E-state index < -0.39 is 11.9 Å². The standard InChI is InChI=1S/C31H31FN4O5/c32-25-12-18(11-19-1-4-26(33-29(19)25)20-8-10-40-17-20)14-35-9-7-23(16-35)41-22-2-3-24-21(13-22)15-36(31(24)39)27-5-6-28(37)34-30(27)38/h1-4,11-13,20,23,27H,5-10,14-17H2,(H,34,37,38). The molecule has 1 aromatic heterocycles. The van der Waals surface area contributed by atoms with E-state index in [0.717, 1.165) is 48.2 Å². The van der Waals surface area contributed by atoms with Crippen LogP contribution in [-0.2, 0) is 27.4 Å². The van der Waals surface area contributed by atoms with Gasteiger partial charge in [-0.3, -0.25) is 24.6 Å². The van der Waals surface area contributed by atoms with E-state index >= 15 is 4.39 Å². The molecule has 4 aliphatic rings. The Hall–Kier alpha value is -3.89. The van der Waals surface area contributed by atoms with Gasteiger partial charge in [0.05, 0.1) is 6.61 Å². The van der Waals surface area contributed by atoms with E-state index in [1.807, 2.05) is 24.3 Å². The van der Waals surface area contributed by atoms with Crippen molar-refractivity contribution in [2.45, 2.75) is 56.8 Å². The van der Waals surface area contributed by atoms with Gasteiger partial charge in [0.2, 0.25) is 11.8 Å². The Labute approximate surface area is 236 Å². The third kappa shape index (κ3) is 5.06. The van der Waals surface area contributed by atoms with E-state index in [0.29, 0.717) is 49.5 Å². The van der Waals surface area contributed by atoms with Crippen LogP contribution < -0.4 is 10.1 Å². The van der Waals surface area contributed by atoms with Crippen LogP contribution in [0.3, 0.4) is 0 Å². The molecule has 3 fully saturated rings. The first-order chi connectivity index (χ1) is 19.9. The van der Waals surface area contributed by atoms with E-state index in [1.54, 1.807) is 18.2 Å². The summed E-state index contributed by atoms with van der Waals surface area (Å²) in [5.74, 6) is -0.311. The highest BCUT2D eigenvalue weighted by Crippen LogP contribution is 2.32. The number of imide groups is 1. The number of halogens is 1. The SMILES string of the molecule is O=C1CCC(N2Cc3cc(OC4CCN(Cc5cc(F)c6nc(C7CCOC7)ccc6c5)C4)ccc3C2=O)C(=O)N1. The van der Waals surface area contributed by atoms with E-state index in [9.17, 15) is 14.4 Å².